The standard InChI is InChI=1S/C26H42N2O6/c1-18(2)9-6-10-19(3)11-7-12-20(4)13-8-15-26(5)16-14-21-23(34-26)17-22(27(30)31)25(29)24(21)28(32)33/h17-20,29H,6-16H2,1-5H3/t19-,20-,26-/m1/s1. The zero-order chi connectivity index (χ0) is 25.5. The maximum Gasteiger partial charge on any atom is 0.324 e. The van der Waals surface area contributed by atoms with Gasteiger partial charge in [-0.3, -0.25) is 20.2 Å². The van der Waals surface area contributed by atoms with Crippen molar-refractivity contribution >= 4 is 11.4 Å². The van der Waals surface area contributed by atoms with Gasteiger partial charge in [0.25, 0.3) is 5.75 Å². The zero-order valence-electron chi connectivity index (χ0n) is 21.5. The first-order chi connectivity index (χ1) is 15.9. The Morgan fingerprint density at radius 3 is 2.06 bits per heavy atom. The highest BCUT2D eigenvalue weighted by Gasteiger charge is 2.39. The van der Waals surface area contributed by atoms with E-state index in [1.165, 1.54) is 38.5 Å². The molecule has 0 amide bonds. The largest absolute Gasteiger partial charge is 0.497 e. The van der Waals surface area contributed by atoms with Crippen molar-refractivity contribution in [3.05, 3.63) is 31.9 Å². The Bertz CT molecular complexity index is 856. The van der Waals surface area contributed by atoms with Crippen LogP contribution in [0.25, 0.3) is 0 Å². The number of nitro groups is 2. The van der Waals surface area contributed by atoms with E-state index in [0.717, 1.165) is 37.2 Å². The molecule has 8 nitrogen and oxygen atoms in total. The van der Waals surface area contributed by atoms with E-state index in [4.69, 9.17) is 4.74 Å². The molecule has 0 aromatic heterocycles. The monoisotopic (exact) mass is 478 g/mol. The highest BCUT2D eigenvalue weighted by molar-refractivity contribution is 5.68. The highest BCUT2D eigenvalue weighted by atomic mass is 16.6. The smallest absolute Gasteiger partial charge is 0.324 e. The molecule has 0 fully saturated rings. The summed E-state index contributed by atoms with van der Waals surface area (Å²) in [5.74, 6) is 1.44. The Kier molecular flexibility index (Phi) is 10.1. The molecule has 1 aliphatic heterocycles. The van der Waals surface area contributed by atoms with Crippen molar-refractivity contribution in [2.24, 2.45) is 17.8 Å². The Hall–Kier alpha value is -2.38. The molecule has 1 heterocycles. The van der Waals surface area contributed by atoms with Crippen LogP contribution in [0.5, 0.6) is 11.5 Å². The van der Waals surface area contributed by atoms with Crippen molar-refractivity contribution in [3.8, 4) is 11.5 Å². The topological polar surface area (TPSA) is 116 Å². The van der Waals surface area contributed by atoms with Gasteiger partial charge in [-0.15, -0.1) is 0 Å². The number of hydrogen-bond acceptors (Lipinski definition) is 6. The van der Waals surface area contributed by atoms with E-state index in [2.05, 4.69) is 27.7 Å². The first-order valence-corrected chi connectivity index (χ1v) is 12.8. The molecule has 3 atom stereocenters. The molecule has 0 bridgehead atoms. The molecular weight excluding hydrogens is 436 g/mol. The molecule has 0 spiro atoms. The Morgan fingerprint density at radius 2 is 1.53 bits per heavy atom. The third-order valence-electron chi connectivity index (χ3n) is 7.23. The molecule has 1 aromatic carbocycles. The zero-order valence-corrected chi connectivity index (χ0v) is 21.5. The molecule has 0 radical (unpaired) electrons. The van der Waals surface area contributed by atoms with Crippen LogP contribution in [0.2, 0.25) is 0 Å². The van der Waals surface area contributed by atoms with Crippen LogP contribution in [0, 0.1) is 38.0 Å². The molecule has 192 valence electrons. The Balaban J connectivity index is 1.85. The minimum atomic E-state index is -0.899. The highest BCUT2D eigenvalue weighted by Crippen LogP contribution is 2.48. The second kappa shape index (κ2) is 12.4. The number of phenols is 1. The number of fused-ring (bicyclic) bond motifs is 1. The van der Waals surface area contributed by atoms with E-state index in [9.17, 15) is 25.3 Å². The fourth-order valence-corrected chi connectivity index (χ4v) is 5.01. The number of phenolic OH excluding ortho intramolecular Hbond substituents is 1. The van der Waals surface area contributed by atoms with Gasteiger partial charge in [0.1, 0.15) is 11.4 Å². The van der Waals surface area contributed by atoms with Gasteiger partial charge < -0.3 is 9.84 Å². The van der Waals surface area contributed by atoms with Gasteiger partial charge in [-0.1, -0.05) is 72.6 Å². The second-order valence-electron chi connectivity index (χ2n) is 11.0. The van der Waals surface area contributed by atoms with Crippen molar-refractivity contribution in [1.29, 1.82) is 0 Å². The molecule has 0 unspecified atom stereocenters. The molecule has 8 heteroatoms. The van der Waals surface area contributed by atoms with Crippen LogP contribution in [0.1, 0.15) is 104 Å². The normalized spacial score (nSPS) is 19.4. The van der Waals surface area contributed by atoms with Crippen LogP contribution in [0.3, 0.4) is 0 Å². The molecule has 0 aliphatic carbocycles. The SMILES string of the molecule is CC(C)CCC[C@@H](C)CCC[C@@H](C)CCC[C@]1(C)CCc2c(cc([N+](=O)[O-])c(O)c2[N+](=O)[O-])O1. The third kappa shape index (κ3) is 7.84. The minimum absolute atomic E-state index is 0.143. The summed E-state index contributed by atoms with van der Waals surface area (Å²) < 4.78 is 6.08. The molecule has 1 aromatic rings. The van der Waals surface area contributed by atoms with Crippen LogP contribution >= 0.6 is 0 Å². The number of aromatic hydroxyl groups is 1. The quantitative estimate of drug-likeness (QED) is 0.216. The van der Waals surface area contributed by atoms with E-state index in [0.29, 0.717) is 18.8 Å². The van der Waals surface area contributed by atoms with Gasteiger partial charge >= 0.3 is 11.4 Å². The third-order valence-corrected chi connectivity index (χ3v) is 7.23. The maximum atomic E-state index is 11.5. The first kappa shape index (κ1) is 27.9. The number of nitro benzene ring substituents is 2. The predicted molar refractivity (Wildman–Crippen MR) is 133 cm³/mol. The first-order valence-electron chi connectivity index (χ1n) is 12.8. The molecule has 0 saturated heterocycles. The lowest BCUT2D eigenvalue weighted by molar-refractivity contribution is -0.396. The van der Waals surface area contributed by atoms with Gasteiger partial charge in [-0.05, 0) is 50.4 Å². The molecule has 1 N–H and O–H groups in total. The van der Waals surface area contributed by atoms with Crippen molar-refractivity contribution < 1.29 is 19.7 Å². The van der Waals surface area contributed by atoms with Gasteiger partial charge in [0.05, 0.1) is 21.5 Å². The van der Waals surface area contributed by atoms with Crippen molar-refractivity contribution in [2.45, 2.75) is 111 Å². The van der Waals surface area contributed by atoms with Gasteiger partial charge in [0.15, 0.2) is 0 Å². The lowest BCUT2D eigenvalue weighted by atomic mass is 9.85. The van der Waals surface area contributed by atoms with Gasteiger partial charge in [0.2, 0.25) is 0 Å². The molecule has 34 heavy (non-hydrogen) atoms. The van der Waals surface area contributed by atoms with E-state index < -0.39 is 32.6 Å². The lowest BCUT2D eigenvalue weighted by Crippen LogP contribution is -2.36. The molecular formula is C26H42N2O6. The second-order valence-corrected chi connectivity index (χ2v) is 11.0. The summed E-state index contributed by atoms with van der Waals surface area (Å²) in [6.45, 7) is 11.2. The van der Waals surface area contributed by atoms with Crippen LogP contribution in [0.15, 0.2) is 6.07 Å². The number of nitrogens with zero attached hydrogens (tertiary/aromatic N) is 2. The van der Waals surface area contributed by atoms with Gasteiger partial charge in [-0.2, -0.15) is 0 Å². The number of ether oxygens (including phenoxy) is 1. The lowest BCUT2D eigenvalue weighted by Gasteiger charge is -2.36. The summed E-state index contributed by atoms with van der Waals surface area (Å²) in [7, 11) is 0. The van der Waals surface area contributed by atoms with Crippen LogP contribution < -0.4 is 4.74 Å². The Morgan fingerprint density at radius 1 is 0.971 bits per heavy atom. The van der Waals surface area contributed by atoms with E-state index in [1.807, 2.05) is 6.92 Å². The summed E-state index contributed by atoms with van der Waals surface area (Å²) in [5, 5.41) is 32.8. The van der Waals surface area contributed by atoms with Crippen LogP contribution in [-0.4, -0.2) is 20.6 Å². The minimum Gasteiger partial charge on any atom is -0.497 e. The Labute approximate surface area is 203 Å². The number of rotatable bonds is 14. The van der Waals surface area contributed by atoms with E-state index in [-0.39, 0.29) is 11.3 Å². The van der Waals surface area contributed by atoms with Gasteiger partial charge in [-0.25, -0.2) is 0 Å². The van der Waals surface area contributed by atoms with Crippen LogP contribution in [-0.2, 0) is 6.42 Å². The van der Waals surface area contributed by atoms with E-state index >= 15 is 0 Å². The summed E-state index contributed by atoms with van der Waals surface area (Å²) in [6, 6.07) is 1.13. The summed E-state index contributed by atoms with van der Waals surface area (Å²) in [5.41, 5.74) is -1.60. The molecule has 1 aliphatic rings. The summed E-state index contributed by atoms with van der Waals surface area (Å²) >= 11 is 0. The summed E-state index contributed by atoms with van der Waals surface area (Å²) in [6.07, 6.45) is 11.5. The molecule has 2 rings (SSSR count). The van der Waals surface area contributed by atoms with Crippen molar-refractivity contribution in [3.63, 3.8) is 0 Å². The van der Waals surface area contributed by atoms with Gasteiger partial charge in [0, 0.05) is 0 Å². The van der Waals surface area contributed by atoms with Crippen molar-refractivity contribution in [1.82, 2.24) is 0 Å². The van der Waals surface area contributed by atoms with Crippen molar-refractivity contribution in [2.75, 3.05) is 0 Å². The maximum absolute atomic E-state index is 11.5. The van der Waals surface area contributed by atoms with Crippen LogP contribution in [0.4, 0.5) is 11.4 Å². The molecule has 0 saturated carbocycles. The number of hydrogen-bond donors (Lipinski definition) is 1. The predicted octanol–water partition coefficient (Wildman–Crippen LogP) is 7.73. The number of benzene rings is 1. The average molecular weight is 479 g/mol. The van der Waals surface area contributed by atoms with E-state index in [1.54, 1.807) is 0 Å². The summed E-state index contributed by atoms with van der Waals surface area (Å²) in [4.78, 5) is 21.1. The fraction of sp³-hybridized carbons (Fsp3) is 0.769. The average Bonchev–Trinajstić information content (AvgIpc) is 2.72. The fourth-order valence-electron chi connectivity index (χ4n) is 5.01.